The van der Waals surface area contributed by atoms with E-state index in [1.807, 2.05) is 44.2 Å². The minimum Gasteiger partial charge on any atom is -0.385 e. The van der Waals surface area contributed by atoms with E-state index in [1.165, 1.54) is 4.57 Å². The first-order valence-corrected chi connectivity index (χ1v) is 6.85. The lowest BCUT2D eigenvalue weighted by Gasteiger charge is -2.16. The van der Waals surface area contributed by atoms with Crippen molar-refractivity contribution in [1.82, 2.24) is 9.24 Å². The first-order chi connectivity index (χ1) is 9.91. The maximum atomic E-state index is 12.2. The number of aromatic nitrogens is 2. The molecule has 112 valence electrons. The van der Waals surface area contributed by atoms with Crippen LogP contribution in [0.5, 0.6) is 0 Å². The van der Waals surface area contributed by atoms with Crippen molar-refractivity contribution in [1.29, 1.82) is 0 Å². The van der Waals surface area contributed by atoms with Gasteiger partial charge in [0.2, 0.25) is 0 Å². The van der Waals surface area contributed by atoms with Crippen molar-refractivity contribution in [3.63, 3.8) is 0 Å². The number of benzene rings is 1. The maximum Gasteiger partial charge on any atom is 0.351 e. The molecule has 0 atom stereocenters. The molecule has 0 aliphatic rings. The number of nitrogens with two attached hydrogens (primary N) is 2. The zero-order valence-electron chi connectivity index (χ0n) is 12.2. The summed E-state index contributed by atoms with van der Waals surface area (Å²) in [6, 6.07) is 9.43. The van der Waals surface area contributed by atoms with Gasteiger partial charge in [-0.15, -0.1) is 0 Å². The van der Waals surface area contributed by atoms with Crippen LogP contribution in [0.15, 0.2) is 39.9 Å². The van der Waals surface area contributed by atoms with Gasteiger partial charge in [-0.2, -0.15) is 4.68 Å². The summed E-state index contributed by atoms with van der Waals surface area (Å²) < 4.78 is 1.98. The van der Waals surface area contributed by atoms with Gasteiger partial charge >= 0.3 is 5.69 Å². The van der Waals surface area contributed by atoms with Crippen LogP contribution >= 0.6 is 0 Å². The quantitative estimate of drug-likeness (QED) is 0.803. The van der Waals surface area contributed by atoms with Gasteiger partial charge in [-0.25, -0.2) is 4.79 Å². The minimum absolute atomic E-state index is 0.198. The second kappa shape index (κ2) is 5.87. The van der Waals surface area contributed by atoms with Crippen molar-refractivity contribution in [2.24, 2.45) is 5.92 Å². The summed E-state index contributed by atoms with van der Waals surface area (Å²) in [6.45, 7) is 4.24. The first kappa shape index (κ1) is 14.9. The molecule has 0 fully saturated rings. The van der Waals surface area contributed by atoms with Gasteiger partial charge in [0.25, 0.3) is 5.56 Å². The fourth-order valence-electron chi connectivity index (χ4n) is 2.26. The number of rotatable bonds is 4. The molecule has 4 N–H and O–H groups in total. The summed E-state index contributed by atoms with van der Waals surface area (Å²) in [6.07, 6.45) is 0.483. The minimum atomic E-state index is -0.603. The zero-order chi connectivity index (χ0) is 15.6. The number of hydrogen-bond donors (Lipinski definition) is 2. The molecule has 6 heteroatoms. The highest BCUT2D eigenvalue weighted by atomic mass is 16.2. The fraction of sp³-hybridized carbons (Fsp3) is 0.333. The molecular formula is C15H20N4O2. The van der Waals surface area contributed by atoms with Gasteiger partial charge in [0.1, 0.15) is 5.82 Å². The highest BCUT2D eigenvalue weighted by molar-refractivity contribution is 5.39. The van der Waals surface area contributed by atoms with Crippen LogP contribution in [0, 0.1) is 5.92 Å². The molecule has 0 aliphatic heterocycles. The van der Waals surface area contributed by atoms with Crippen molar-refractivity contribution < 1.29 is 0 Å². The Balaban J connectivity index is 2.58. The summed E-state index contributed by atoms with van der Waals surface area (Å²) in [5.74, 6) is 6.03. The molecule has 0 saturated heterocycles. The van der Waals surface area contributed by atoms with Gasteiger partial charge in [-0.05, 0) is 17.9 Å². The van der Waals surface area contributed by atoms with E-state index in [0.717, 1.165) is 5.56 Å². The van der Waals surface area contributed by atoms with Crippen molar-refractivity contribution in [2.45, 2.75) is 26.8 Å². The Bertz CT molecular complexity index is 745. The topological polar surface area (TPSA) is 96.0 Å². The van der Waals surface area contributed by atoms with Crippen molar-refractivity contribution >= 4 is 5.82 Å². The van der Waals surface area contributed by atoms with E-state index < -0.39 is 11.2 Å². The third kappa shape index (κ3) is 2.99. The van der Waals surface area contributed by atoms with Gasteiger partial charge in [0.05, 0.1) is 12.1 Å². The molecule has 1 heterocycles. The standard InChI is InChI=1S/C15H20N4O2/c1-10(2)8-12-13(16)18(15(21)19(17)14(12)20)9-11-6-4-3-5-7-11/h3-7,10H,8-9,16-17H2,1-2H3. The highest BCUT2D eigenvalue weighted by Gasteiger charge is 2.16. The molecule has 2 aromatic rings. The monoisotopic (exact) mass is 288 g/mol. The van der Waals surface area contributed by atoms with Gasteiger partial charge in [-0.3, -0.25) is 9.36 Å². The molecule has 1 aromatic heterocycles. The molecule has 2 rings (SSSR count). The Kier molecular flexibility index (Phi) is 4.16. The molecule has 21 heavy (non-hydrogen) atoms. The lowest BCUT2D eigenvalue weighted by molar-refractivity contribution is 0.609. The first-order valence-electron chi connectivity index (χ1n) is 6.85. The van der Waals surface area contributed by atoms with Gasteiger partial charge < -0.3 is 11.6 Å². The smallest absolute Gasteiger partial charge is 0.351 e. The number of nitrogens with zero attached hydrogens (tertiary/aromatic N) is 2. The predicted octanol–water partition coefficient (Wildman–Crippen LogP) is 0.553. The Morgan fingerprint density at radius 3 is 2.33 bits per heavy atom. The molecule has 0 radical (unpaired) electrons. The van der Waals surface area contributed by atoms with Gasteiger partial charge in [0, 0.05) is 0 Å². The second-order valence-corrected chi connectivity index (χ2v) is 5.49. The van der Waals surface area contributed by atoms with E-state index in [9.17, 15) is 9.59 Å². The maximum absolute atomic E-state index is 12.2. The highest BCUT2D eigenvalue weighted by Crippen LogP contribution is 2.12. The zero-order valence-corrected chi connectivity index (χ0v) is 12.2. The van der Waals surface area contributed by atoms with Crippen LogP contribution in [0.1, 0.15) is 25.0 Å². The second-order valence-electron chi connectivity index (χ2n) is 5.49. The third-order valence-corrected chi connectivity index (χ3v) is 3.31. The molecule has 1 aromatic carbocycles. The largest absolute Gasteiger partial charge is 0.385 e. The summed E-state index contributed by atoms with van der Waals surface area (Å²) >= 11 is 0. The number of nitrogen functional groups attached to an aromatic ring is 2. The molecular weight excluding hydrogens is 268 g/mol. The fourth-order valence-corrected chi connectivity index (χ4v) is 2.26. The van der Waals surface area contributed by atoms with E-state index in [4.69, 9.17) is 11.6 Å². The van der Waals surface area contributed by atoms with Gasteiger partial charge in [0.15, 0.2) is 0 Å². The van der Waals surface area contributed by atoms with Crippen molar-refractivity contribution in [3.05, 3.63) is 62.3 Å². The Morgan fingerprint density at radius 2 is 1.76 bits per heavy atom. The molecule has 0 saturated carbocycles. The molecule has 0 aliphatic carbocycles. The SMILES string of the molecule is CC(C)Cc1c(N)n(Cc2ccccc2)c(=O)n(N)c1=O. The van der Waals surface area contributed by atoms with E-state index in [0.29, 0.717) is 16.7 Å². The average Bonchev–Trinajstić information content (AvgIpc) is 2.47. The van der Waals surface area contributed by atoms with Crippen molar-refractivity contribution in [2.75, 3.05) is 11.6 Å². The number of hydrogen-bond acceptors (Lipinski definition) is 4. The molecule has 0 unspecified atom stereocenters. The van der Waals surface area contributed by atoms with Crippen LogP contribution in [0.3, 0.4) is 0 Å². The number of anilines is 1. The summed E-state index contributed by atoms with van der Waals surface area (Å²) in [5, 5.41) is 0. The van der Waals surface area contributed by atoms with Gasteiger partial charge in [-0.1, -0.05) is 44.2 Å². The van der Waals surface area contributed by atoms with Crippen LogP contribution in [0.25, 0.3) is 0 Å². The lowest BCUT2D eigenvalue weighted by Crippen LogP contribution is -2.47. The average molecular weight is 288 g/mol. The van der Waals surface area contributed by atoms with Crippen LogP contribution in [0.4, 0.5) is 5.82 Å². The third-order valence-electron chi connectivity index (χ3n) is 3.31. The Morgan fingerprint density at radius 1 is 1.14 bits per heavy atom. The van der Waals surface area contributed by atoms with E-state index in [-0.39, 0.29) is 18.3 Å². The van der Waals surface area contributed by atoms with E-state index in [2.05, 4.69) is 0 Å². The molecule has 0 spiro atoms. The molecule has 0 amide bonds. The Hall–Kier alpha value is -2.50. The van der Waals surface area contributed by atoms with Crippen LogP contribution in [-0.4, -0.2) is 9.24 Å². The molecule has 0 bridgehead atoms. The summed E-state index contributed by atoms with van der Waals surface area (Å²) in [4.78, 5) is 24.3. The van der Waals surface area contributed by atoms with Crippen LogP contribution < -0.4 is 22.8 Å². The van der Waals surface area contributed by atoms with E-state index in [1.54, 1.807) is 0 Å². The van der Waals surface area contributed by atoms with Crippen LogP contribution in [0.2, 0.25) is 0 Å². The normalized spacial score (nSPS) is 11.0. The van der Waals surface area contributed by atoms with Crippen molar-refractivity contribution in [3.8, 4) is 0 Å². The van der Waals surface area contributed by atoms with E-state index >= 15 is 0 Å². The predicted molar refractivity (Wildman–Crippen MR) is 83.6 cm³/mol. The Labute approximate surface area is 122 Å². The summed E-state index contributed by atoms with van der Waals surface area (Å²) in [5.41, 5.74) is 6.23. The molecule has 6 nitrogen and oxygen atoms in total. The lowest BCUT2D eigenvalue weighted by atomic mass is 10.0. The summed E-state index contributed by atoms with van der Waals surface area (Å²) in [7, 11) is 0. The van der Waals surface area contributed by atoms with Crippen LogP contribution in [-0.2, 0) is 13.0 Å².